The van der Waals surface area contributed by atoms with Crippen LogP contribution in [0.3, 0.4) is 0 Å². The Balaban J connectivity index is 1.80. The highest BCUT2D eigenvalue weighted by atomic mass is 35.5. The average molecular weight is 478 g/mol. The highest BCUT2D eigenvalue weighted by molar-refractivity contribution is 6.30. The number of ether oxygens (including phenoxy) is 2. The van der Waals surface area contributed by atoms with Gasteiger partial charge in [0.25, 0.3) is 5.91 Å². The first-order valence-corrected chi connectivity index (χ1v) is 10.1. The van der Waals surface area contributed by atoms with E-state index in [1.54, 1.807) is 43.3 Å². The van der Waals surface area contributed by atoms with Gasteiger partial charge in [0, 0.05) is 10.6 Å². The van der Waals surface area contributed by atoms with Crippen molar-refractivity contribution in [3.63, 3.8) is 0 Å². The van der Waals surface area contributed by atoms with Crippen molar-refractivity contribution < 1.29 is 32.2 Å². The lowest BCUT2D eigenvalue weighted by atomic mass is 10.1. The van der Waals surface area contributed by atoms with Gasteiger partial charge in [-0.1, -0.05) is 60.1 Å². The molecule has 0 spiro atoms. The topological polar surface area (TPSA) is 64.6 Å². The highest BCUT2D eigenvalue weighted by Gasteiger charge is 2.35. The number of carbonyl (C=O) groups is 2. The molecule has 3 aromatic carbocycles. The van der Waals surface area contributed by atoms with Crippen LogP contribution in [0.5, 0.6) is 5.75 Å². The molecule has 9 heteroatoms. The summed E-state index contributed by atoms with van der Waals surface area (Å²) in [4.78, 5) is 25.3. The van der Waals surface area contributed by atoms with Gasteiger partial charge in [-0.05, 0) is 36.8 Å². The Morgan fingerprint density at radius 1 is 1.00 bits per heavy atom. The summed E-state index contributed by atoms with van der Waals surface area (Å²) in [7, 11) is 0. The first kappa shape index (κ1) is 24.1. The van der Waals surface area contributed by atoms with Crippen molar-refractivity contribution in [2.45, 2.75) is 19.2 Å². The maximum atomic E-state index is 13.4. The largest absolute Gasteiger partial charge is 0.482 e. The zero-order valence-electron chi connectivity index (χ0n) is 17.4. The Bertz CT molecular complexity index is 1140. The number of alkyl halides is 3. The molecule has 0 aliphatic heterocycles. The van der Waals surface area contributed by atoms with E-state index >= 15 is 0 Å². The number of anilines is 1. The van der Waals surface area contributed by atoms with Crippen LogP contribution in [0.1, 0.15) is 22.8 Å². The summed E-state index contributed by atoms with van der Waals surface area (Å²) in [6, 6.07) is 17.9. The fourth-order valence-electron chi connectivity index (χ4n) is 2.98. The molecule has 1 amide bonds. The molecule has 33 heavy (non-hydrogen) atoms. The third kappa shape index (κ3) is 6.49. The minimum Gasteiger partial charge on any atom is -0.482 e. The Morgan fingerprint density at radius 3 is 2.33 bits per heavy atom. The lowest BCUT2D eigenvalue weighted by Crippen LogP contribution is -2.28. The smallest absolute Gasteiger partial charge is 0.418 e. The van der Waals surface area contributed by atoms with Crippen molar-refractivity contribution >= 4 is 29.2 Å². The summed E-state index contributed by atoms with van der Waals surface area (Å²) < 4.78 is 50.9. The van der Waals surface area contributed by atoms with Crippen molar-refractivity contribution in [3.8, 4) is 5.75 Å². The first-order valence-electron chi connectivity index (χ1n) is 9.75. The van der Waals surface area contributed by atoms with Crippen LogP contribution in [-0.2, 0) is 20.5 Å². The van der Waals surface area contributed by atoms with E-state index in [0.717, 1.165) is 11.6 Å². The summed E-state index contributed by atoms with van der Waals surface area (Å²) >= 11 is 5.69. The van der Waals surface area contributed by atoms with Gasteiger partial charge in [-0.25, -0.2) is 4.79 Å². The number of para-hydroxylation sites is 1. The number of benzene rings is 3. The molecule has 0 aromatic heterocycles. The zero-order chi connectivity index (χ0) is 24.0. The number of halogens is 4. The third-order valence-electron chi connectivity index (χ3n) is 4.57. The molecule has 172 valence electrons. The highest BCUT2D eigenvalue weighted by Crippen LogP contribution is 2.37. The molecule has 1 atom stereocenters. The van der Waals surface area contributed by atoms with Crippen LogP contribution < -0.4 is 10.1 Å². The van der Waals surface area contributed by atoms with Gasteiger partial charge in [-0.3, -0.25) is 4.79 Å². The number of hydrogen-bond acceptors (Lipinski definition) is 4. The van der Waals surface area contributed by atoms with Gasteiger partial charge in [0.05, 0.1) is 11.3 Å². The molecule has 3 aromatic rings. The van der Waals surface area contributed by atoms with Crippen LogP contribution in [0.15, 0.2) is 72.8 Å². The molecule has 0 saturated heterocycles. The minimum atomic E-state index is -4.76. The predicted octanol–water partition coefficient (Wildman–Crippen LogP) is 5.97. The molecular weight excluding hydrogens is 459 g/mol. The molecule has 0 fully saturated rings. The number of aryl methyl sites for hydroxylation is 1. The van der Waals surface area contributed by atoms with Crippen LogP contribution in [0.2, 0.25) is 5.02 Å². The fraction of sp³-hybridized carbons (Fsp3) is 0.167. The number of rotatable bonds is 7. The monoisotopic (exact) mass is 477 g/mol. The van der Waals surface area contributed by atoms with E-state index in [1.807, 2.05) is 6.07 Å². The van der Waals surface area contributed by atoms with Crippen molar-refractivity contribution in [2.24, 2.45) is 0 Å². The van der Waals surface area contributed by atoms with Crippen molar-refractivity contribution in [3.05, 3.63) is 94.5 Å². The van der Waals surface area contributed by atoms with Gasteiger partial charge < -0.3 is 14.8 Å². The summed E-state index contributed by atoms with van der Waals surface area (Å²) in [6.07, 6.45) is -6.26. The normalized spacial score (nSPS) is 12.0. The molecule has 0 unspecified atom stereocenters. The number of hydrogen-bond donors (Lipinski definition) is 1. The second kappa shape index (κ2) is 10.4. The molecule has 0 aliphatic rings. The van der Waals surface area contributed by atoms with E-state index in [4.69, 9.17) is 21.1 Å². The summed E-state index contributed by atoms with van der Waals surface area (Å²) in [5, 5.41) is 2.06. The van der Waals surface area contributed by atoms with Gasteiger partial charge in [-0.2, -0.15) is 13.2 Å². The molecule has 0 heterocycles. The maximum absolute atomic E-state index is 13.4. The minimum absolute atomic E-state index is 0.139. The number of amides is 1. The van der Waals surface area contributed by atoms with E-state index < -0.39 is 42.0 Å². The quantitative estimate of drug-likeness (QED) is 0.426. The lowest BCUT2D eigenvalue weighted by molar-refractivity contribution is -0.156. The Labute approximate surface area is 193 Å². The van der Waals surface area contributed by atoms with E-state index in [-0.39, 0.29) is 10.6 Å². The van der Waals surface area contributed by atoms with Gasteiger partial charge in [0.2, 0.25) is 6.10 Å². The second-order valence-corrected chi connectivity index (χ2v) is 7.45. The van der Waals surface area contributed by atoms with Crippen molar-refractivity contribution in [1.82, 2.24) is 0 Å². The van der Waals surface area contributed by atoms with E-state index in [0.29, 0.717) is 11.8 Å². The molecular formula is C24H19ClF3NO4. The summed E-state index contributed by atoms with van der Waals surface area (Å²) in [5.74, 6) is -1.36. The summed E-state index contributed by atoms with van der Waals surface area (Å²) in [6.45, 7) is 1.31. The number of nitrogens with one attached hydrogen (secondary N) is 1. The lowest BCUT2D eigenvalue weighted by Gasteiger charge is -2.20. The van der Waals surface area contributed by atoms with Crippen LogP contribution in [0.25, 0.3) is 0 Å². The van der Waals surface area contributed by atoms with E-state index in [2.05, 4.69) is 5.32 Å². The number of esters is 1. The summed E-state index contributed by atoms with van der Waals surface area (Å²) in [5.41, 5.74) is -0.554. The zero-order valence-corrected chi connectivity index (χ0v) is 18.1. The SMILES string of the molecule is Cc1ccccc1OCC(=O)O[C@@H](C(=O)Nc1ccc(Cl)cc1C(F)(F)F)c1ccccc1. The van der Waals surface area contributed by atoms with Gasteiger partial charge in [-0.15, -0.1) is 0 Å². The maximum Gasteiger partial charge on any atom is 0.418 e. The number of carbonyl (C=O) groups excluding carboxylic acids is 2. The molecule has 0 saturated carbocycles. The molecule has 0 radical (unpaired) electrons. The fourth-order valence-corrected chi connectivity index (χ4v) is 3.15. The van der Waals surface area contributed by atoms with Crippen LogP contribution in [-0.4, -0.2) is 18.5 Å². The molecule has 1 N–H and O–H groups in total. The van der Waals surface area contributed by atoms with Crippen LogP contribution in [0.4, 0.5) is 18.9 Å². The Morgan fingerprint density at radius 2 is 1.67 bits per heavy atom. The van der Waals surface area contributed by atoms with Crippen LogP contribution >= 0.6 is 11.6 Å². The molecule has 0 aliphatic carbocycles. The standard InChI is InChI=1S/C24H19ClF3NO4/c1-15-7-5-6-10-20(15)32-14-21(30)33-22(16-8-3-2-4-9-16)23(31)29-19-12-11-17(25)13-18(19)24(26,27)28/h2-13,22H,14H2,1H3,(H,29,31)/t22-/m1/s1. The molecule has 5 nitrogen and oxygen atoms in total. The van der Waals surface area contributed by atoms with Crippen molar-refractivity contribution in [1.29, 1.82) is 0 Å². The van der Waals surface area contributed by atoms with E-state index in [9.17, 15) is 22.8 Å². The third-order valence-corrected chi connectivity index (χ3v) is 4.81. The van der Waals surface area contributed by atoms with Gasteiger partial charge in [0.15, 0.2) is 6.61 Å². The van der Waals surface area contributed by atoms with Crippen LogP contribution in [0, 0.1) is 6.92 Å². The second-order valence-electron chi connectivity index (χ2n) is 7.01. The predicted molar refractivity (Wildman–Crippen MR) is 117 cm³/mol. The van der Waals surface area contributed by atoms with E-state index in [1.165, 1.54) is 18.2 Å². The van der Waals surface area contributed by atoms with Gasteiger partial charge in [0.1, 0.15) is 5.75 Å². The molecule has 0 bridgehead atoms. The molecule has 3 rings (SSSR count). The first-order chi connectivity index (χ1) is 15.6. The average Bonchev–Trinajstić information content (AvgIpc) is 2.78. The van der Waals surface area contributed by atoms with Gasteiger partial charge >= 0.3 is 12.1 Å². The van der Waals surface area contributed by atoms with Crippen molar-refractivity contribution in [2.75, 3.05) is 11.9 Å². The Hall–Kier alpha value is -3.52. The Kier molecular flexibility index (Phi) is 7.60.